The number of rotatable bonds is 5. The maximum atomic E-state index is 11.9. The lowest BCUT2D eigenvalue weighted by Gasteiger charge is -2.02. The highest BCUT2D eigenvalue weighted by Crippen LogP contribution is 2.19. The van der Waals surface area contributed by atoms with Gasteiger partial charge < -0.3 is 4.74 Å². The fourth-order valence-electron chi connectivity index (χ4n) is 2.09. The Kier molecular flexibility index (Phi) is 6.63. The Labute approximate surface area is 169 Å². The number of thioether (sulfide) groups is 1. The molecule has 0 unspecified atom stereocenters. The average Bonchev–Trinajstić information content (AvgIpc) is 3.14. The van der Waals surface area contributed by atoms with Crippen molar-refractivity contribution in [2.75, 3.05) is 12.4 Å². The number of benzene rings is 2. The highest BCUT2D eigenvalue weighted by Gasteiger charge is 2.08. The lowest BCUT2D eigenvalue weighted by atomic mass is 10.1. The van der Waals surface area contributed by atoms with Crippen molar-refractivity contribution in [3.8, 4) is 17.5 Å². The Morgan fingerprint density at radius 1 is 1.15 bits per heavy atom. The summed E-state index contributed by atoms with van der Waals surface area (Å²) < 4.78 is 7.77. The summed E-state index contributed by atoms with van der Waals surface area (Å²) >= 11 is 4.81. The van der Waals surface area contributed by atoms with E-state index in [0.717, 1.165) is 15.7 Å². The van der Waals surface area contributed by atoms with Gasteiger partial charge in [0.15, 0.2) is 6.61 Å². The molecular weight excluding hydrogens is 428 g/mol. The highest BCUT2D eigenvalue weighted by molar-refractivity contribution is 9.10. The molecule has 0 saturated carbocycles. The number of carbonyl (C=O) groups excluding carboxylic acids is 1. The summed E-state index contributed by atoms with van der Waals surface area (Å²) in [6.45, 7) is 2.01. The van der Waals surface area contributed by atoms with E-state index in [4.69, 9.17) is 4.74 Å². The van der Waals surface area contributed by atoms with Gasteiger partial charge in [0, 0.05) is 4.47 Å². The van der Waals surface area contributed by atoms with Crippen molar-refractivity contribution in [3.63, 3.8) is 0 Å². The molecule has 0 fully saturated rings. The Hall–Kier alpha value is -2.63. The monoisotopic (exact) mass is 442 g/mol. The second kappa shape index (κ2) is 9.35. The lowest BCUT2D eigenvalue weighted by Crippen LogP contribution is -2.05. The molecule has 2 aromatic carbocycles. The van der Waals surface area contributed by atoms with Gasteiger partial charge in [0.25, 0.3) is 0 Å². The van der Waals surface area contributed by atoms with Crippen molar-refractivity contribution in [2.45, 2.75) is 12.1 Å². The Morgan fingerprint density at radius 3 is 2.63 bits per heavy atom. The van der Waals surface area contributed by atoms with Crippen LogP contribution in [0, 0.1) is 18.8 Å². The third kappa shape index (κ3) is 5.42. The van der Waals surface area contributed by atoms with Crippen molar-refractivity contribution >= 4 is 33.7 Å². The first kappa shape index (κ1) is 19.1. The van der Waals surface area contributed by atoms with Crippen LogP contribution < -0.4 is 0 Å². The quantitative estimate of drug-likeness (QED) is 0.341. The van der Waals surface area contributed by atoms with Crippen LogP contribution in [0.5, 0.6) is 0 Å². The number of carbonyl (C=O) groups is 1. The van der Waals surface area contributed by atoms with E-state index in [1.54, 1.807) is 16.8 Å². The summed E-state index contributed by atoms with van der Waals surface area (Å²) in [5, 5.41) is 12.4. The third-order valence-electron chi connectivity index (χ3n) is 3.47. The fraction of sp³-hybridized carbons (Fsp3) is 0.158. The first-order chi connectivity index (χ1) is 13.1. The first-order valence-electron chi connectivity index (χ1n) is 8.00. The minimum absolute atomic E-state index is 0.0465. The molecule has 136 valence electrons. The van der Waals surface area contributed by atoms with Crippen LogP contribution in [0.25, 0.3) is 5.69 Å². The van der Waals surface area contributed by atoms with Gasteiger partial charge in [-0.15, -0.1) is 5.10 Å². The standard InChI is InChI=1S/C19H15BrN4O2S/c1-14-4-6-15(7-5-14)18(25)26-12-2-3-13-27-19-21-22-23-24(19)17-10-8-16(20)9-11-17/h4-11H,12-13H2,1H3. The zero-order valence-electron chi connectivity index (χ0n) is 14.4. The van der Waals surface area contributed by atoms with Crippen molar-refractivity contribution in [2.24, 2.45) is 0 Å². The van der Waals surface area contributed by atoms with Gasteiger partial charge in [-0.05, 0) is 53.7 Å². The van der Waals surface area contributed by atoms with Crippen LogP contribution in [-0.2, 0) is 4.74 Å². The molecule has 0 aliphatic heterocycles. The van der Waals surface area contributed by atoms with Crippen LogP contribution in [-0.4, -0.2) is 38.5 Å². The zero-order valence-corrected chi connectivity index (χ0v) is 16.8. The largest absolute Gasteiger partial charge is 0.449 e. The number of halogens is 1. The van der Waals surface area contributed by atoms with Crippen molar-refractivity contribution in [1.82, 2.24) is 20.2 Å². The summed E-state index contributed by atoms with van der Waals surface area (Å²) in [4.78, 5) is 11.9. The SMILES string of the molecule is Cc1ccc(C(=O)OCC#CCSc2nnnn2-c2ccc(Br)cc2)cc1. The molecule has 0 aliphatic carbocycles. The fourth-order valence-corrected chi connectivity index (χ4v) is 3.02. The van der Waals surface area contributed by atoms with Crippen molar-refractivity contribution in [1.29, 1.82) is 0 Å². The van der Waals surface area contributed by atoms with E-state index in [-0.39, 0.29) is 12.6 Å². The second-order valence-electron chi connectivity index (χ2n) is 5.43. The smallest absolute Gasteiger partial charge is 0.339 e. The van der Waals surface area contributed by atoms with Gasteiger partial charge in [-0.3, -0.25) is 0 Å². The van der Waals surface area contributed by atoms with Crippen LogP contribution in [0.3, 0.4) is 0 Å². The van der Waals surface area contributed by atoms with E-state index in [9.17, 15) is 4.79 Å². The number of hydrogen-bond donors (Lipinski definition) is 0. The molecule has 0 saturated heterocycles. The Balaban J connectivity index is 1.49. The van der Waals surface area contributed by atoms with Crippen LogP contribution in [0.2, 0.25) is 0 Å². The molecule has 0 atom stereocenters. The van der Waals surface area contributed by atoms with Crippen LogP contribution in [0.15, 0.2) is 58.2 Å². The molecule has 1 heterocycles. The Morgan fingerprint density at radius 2 is 1.89 bits per heavy atom. The zero-order chi connectivity index (χ0) is 19.1. The molecule has 3 aromatic rings. The van der Waals surface area contributed by atoms with Crippen LogP contribution >= 0.6 is 27.7 Å². The predicted molar refractivity (Wildman–Crippen MR) is 107 cm³/mol. The van der Waals surface area contributed by atoms with Gasteiger partial charge in [-0.1, -0.05) is 57.2 Å². The van der Waals surface area contributed by atoms with E-state index < -0.39 is 0 Å². The molecule has 27 heavy (non-hydrogen) atoms. The molecule has 1 aromatic heterocycles. The molecule has 0 N–H and O–H groups in total. The summed E-state index contributed by atoms with van der Waals surface area (Å²) in [5.41, 5.74) is 2.48. The molecule has 0 spiro atoms. The number of esters is 1. The van der Waals surface area contributed by atoms with Crippen molar-refractivity contribution < 1.29 is 9.53 Å². The topological polar surface area (TPSA) is 69.9 Å². The van der Waals surface area contributed by atoms with Crippen molar-refractivity contribution in [3.05, 3.63) is 64.1 Å². The van der Waals surface area contributed by atoms with Gasteiger partial charge in [-0.25, -0.2) is 4.79 Å². The number of aromatic nitrogens is 4. The van der Waals surface area contributed by atoms with Crippen LogP contribution in [0.4, 0.5) is 0 Å². The molecule has 0 aliphatic rings. The van der Waals surface area contributed by atoms with Crippen LogP contribution in [0.1, 0.15) is 15.9 Å². The molecule has 8 heteroatoms. The lowest BCUT2D eigenvalue weighted by molar-refractivity contribution is 0.0556. The predicted octanol–water partition coefficient (Wildman–Crippen LogP) is 3.69. The highest BCUT2D eigenvalue weighted by atomic mass is 79.9. The molecule has 0 bridgehead atoms. The molecule has 3 rings (SSSR count). The van der Waals surface area contributed by atoms with E-state index in [1.807, 2.05) is 43.3 Å². The maximum absolute atomic E-state index is 11.9. The van der Waals surface area contributed by atoms with Gasteiger partial charge in [0.05, 0.1) is 17.0 Å². The molecular formula is C19H15BrN4O2S. The van der Waals surface area contributed by atoms with E-state index in [1.165, 1.54) is 11.8 Å². The third-order valence-corrected chi connectivity index (χ3v) is 4.80. The maximum Gasteiger partial charge on any atom is 0.339 e. The summed E-state index contributed by atoms with van der Waals surface area (Å²) in [6.07, 6.45) is 0. The first-order valence-corrected chi connectivity index (χ1v) is 9.78. The summed E-state index contributed by atoms with van der Waals surface area (Å²) in [5.74, 6) is 5.88. The van der Waals surface area contributed by atoms with Gasteiger partial charge in [0.1, 0.15) is 0 Å². The number of nitrogens with zero attached hydrogens (tertiary/aromatic N) is 4. The van der Waals surface area contributed by atoms with Gasteiger partial charge in [-0.2, -0.15) is 4.68 Å². The molecule has 6 nitrogen and oxygen atoms in total. The number of ether oxygens (including phenoxy) is 1. The second-order valence-corrected chi connectivity index (χ2v) is 7.29. The van der Waals surface area contributed by atoms with Gasteiger partial charge >= 0.3 is 5.97 Å². The minimum atomic E-state index is -0.379. The van der Waals surface area contributed by atoms with E-state index >= 15 is 0 Å². The normalized spacial score (nSPS) is 10.1. The Bertz CT molecular complexity index is 975. The van der Waals surface area contributed by atoms with Gasteiger partial charge in [0.2, 0.25) is 5.16 Å². The summed E-state index contributed by atoms with van der Waals surface area (Å²) in [6, 6.07) is 14.9. The molecule has 0 radical (unpaired) electrons. The number of hydrogen-bond acceptors (Lipinski definition) is 6. The minimum Gasteiger partial charge on any atom is -0.449 e. The van der Waals surface area contributed by atoms with E-state index in [0.29, 0.717) is 16.5 Å². The summed E-state index contributed by atoms with van der Waals surface area (Å²) in [7, 11) is 0. The molecule has 0 amide bonds. The number of aryl methyl sites for hydroxylation is 1. The van der Waals surface area contributed by atoms with E-state index in [2.05, 4.69) is 43.3 Å². The number of tetrazole rings is 1. The average molecular weight is 443 g/mol.